The van der Waals surface area contributed by atoms with Gasteiger partial charge in [0.2, 0.25) is 0 Å². The molecule has 0 unspecified atom stereocenters. The topological polar surface area (TPSA) is 59.8 Å². The van der Waals surface area contributed by atoms with Crippen LogP contribution in [-0.2, 0) is 0 Å². The van der Waals surface area contributed by atoms with Gasteiger partial charge >= 0.3 is 0 Å². The van der Waals surface area contributed by atoms with Crippen molar-refractivity contribution < 1.29 is 4.79 Å². The van der Waals surface area contributed by atoms with E-state index >= 15 is 0 Å². The maximum atomic E-state index is 12.6. The van der Waals surface area contributed by atoms with Crippen LogP contribution in [0, 0.1) is 6.92 Å². The van der Waals surface area contributed by atoms with Crippen molar-refractivity contribution >= 4 is 11.6 Å². The van der Waals surface area contributed by atoms with E-state index in [9.17, 15) is 4.79 Å². The quantitative estimate of drug-likeness (QED) is 0.792. The summed E-state index contributed by atoms with van der Waals surface area (Å²) in [4.78, 5) is 14.0. The predicted octanol–water partition coefficient (Wildman–Crippen LogP) is 3.95. The molecule has 0 saturated heterocycles. The third-order valence-corrected chi connectivity index (χ3v) is 3.88. The number of aromatic nitrogens is 3. The lowest BCUT2D eigenvalue weighted by molar-refractivity contribution is 0.102. The van der Waals surface area contributed by atoms with Gasteiger partial charge in [-0.3, -0.25) is 4.79 Å². The average Bonchev–Trinajstić information content (AvgIpc) is 3.07. The van der Waals surface area contributed by atoms with Gasteiger partial charge in [0.25, 0.3) is 5.91 Å². The molecule has 2 aromatic carbocycles. The zero-order valence-electron chi connectivity index (χ0n) is 14.0. The molecule has 0 aliphatic carbocycles. The Morgan fingerprint density at radius 2 is 1.83 bits per heavy atom. The second-order valence-corrected chi connectivity index (χ2v) is 6.00. The predicted molar refractivity (Wildman–Crippen MR) is 94.6 cm³/mol. The molecule has 0 atom stereocenters. The van der Waals surface area contributed by atoms with Crippen LogP contribution in [0.1, 0.15) is 41.4 Å². The fourth-order valence-corrected chi connectivity index (χ4v) is 2.57. The fourth-order valence-electron chi connectivity index (χ4n) is 2.57. The number of anilines is 1. The molecule has 1 aromatic heterocycles. The van der Waals surface area contributed by atoms with Gasteiger partial charge < -0.3 is 5.32 Å². The van der Waals surface area contributed by atoms with Crippen molar-refractivity contribution in [2.24, 2.45) is 0 Å². The fraction of sp³-hybridized carbons (Fsp3) is 0.211. The first kappa shape index (κ1) is 15.9. The highest BCUT2D eigenvalue weighted by Gasteiger charge is 2.16. The Kier molecular flexibility index (Phi) is 4.42. The molecular formula is C19H20N4O. The summed E-state index contributed by atoms with van der Waals surface area (Å²) in [5.74, 6) is 0.0635. The van der Waals surface area contributed by atoms with Crippen molar-refractivity contribution in [2.75, 3.05) is 5.32 Å². The van der Waals surface area contributed by atoms with Gasteiger partial charge in [-0.05, 0) is 36.1 Å². The Morgan fingerprint density at radius 1 is 1.08 bits per heavy atom. The molecule has 24 heavy (non-hydrogen) atoms. The lowest BCUT2D eigenvalue weighted by Gasteiger charge is -2.15. The van der Waals surface area contributed by atoms with Crippen LogP contribution in [0.15, 0.2) is 54.7 Å². The Hall–Kier alpha value is -2.95. The van der Waals surface area contributed by atoms with Gasteiger partial charge in [0.1, 0.15) is 0 Å². The van der Waals surface area contributed by atoms with Gasteiger partial charge in [0.15, 0.2) is 5.69 Å². The number of nitrogens with one attached hydrogen (secondary N) is 1. The van der Waals surface area contributed by atoms with E-state index in [4.69, 9.17) is 0 Å². The lowest BCUT2D eigenvalue weighted by Crippen LogP contribution is -2.15. The second-order valence-electron chi connectivity index (χ2n) is 6.00. The maximum Gasteiger partial charge on any atom is 0.277 e. The van der Waals surface area contributed by atoms with E-state index < -0.39 is 0 Å². The zero-order chi connectivity index (χ0) is 17.1. The van der Waals surface area contributed by atoms with E-state index in [1.54, 1.807) is 0 Å². The molecular weight excluding hydrogens is 300 g/mol. The number of hydrogen-bond acceptors (Lipinski definition) is 3. The molecule has 122 valence electrons. The number of carbonyl (C=O) groups excluding carboxylic acids is 1. The monoisotopic (exact) mass is 320 g/mol. The lowest BCUT2D eigenvalue weighted by atomic mass is 9.98. The molecule has 1 N–H and O–H groups in total. The summed E-state index contributed by atoms with van der Waals surface area (Å²) in [5, 5.41) is 11.4. The van der Waals surface area contributed by atoms with Crippen molar-refractivity contribution in [3.05, 3.63) is 71.5 Å². The first-order valence-corrected chi connectivity index (χ1v) is 7.95. The van der Waals surface area contributed by atoms with Gasteiger partial charge in [0, 0.05) is 5.69 Å². The van der Waals surface area contributed by atoms with E-state index in [0.717, 1.165) is 22.5 Å². The molecule has 1 heterocycles. The summed E-state index contributed by atoms with van der Waals surface area (Å²) in [6.07, 6.45) is 1.48. The van der Waals surface area contributed by atoms with Crippen molar-refractivity contribution in [1.82, 2.24) is 15.0 Å². The molecule has 3 rings (SSSR count). The van der Waals surface area contributed by atoms with E-state index in [1.165, 1.54) is 11.0 Å². The van der Waals surface area contributed by atoms with Crippen LogP contribution in [0.3, 0.4) is 0 Å². The average molecular weight is 320 g/mol. The third kappa shape index (κ3) is 3.20. The summed E-state index contributed by atoms with van der Waals surface area (Å²) in [6.45, 7) is 6.20. The molecule has 0 saturated carbocycles. The van der Waals surface area contributed by atoms with Gasteiger partial charge in [-0.1, -0.05) is 50.2 Å². The minimum atomic E-state index is -0.256. The summed E-state index contributed by atoms with van der Waals surface area (Å²) < 4.78 is 0. The third-order valence-electron chi connectivity index (χ3n) is 3.88. The van der Waals surface area contributed by atoms with Crippen LogP contribution < -0.4 is 5.32 Å². The van der Waals surface area contributed by atoms with Gasteiger partial charge in [-0.2, -0.15) is 9.90 Å². The van der Waals surface area contributed by atoms with Gasteiger partial charge in [0.05, 0.1) is 11.9 Å². The van der Waals surface area contributed by atoms with Crippen molar-refractivity contribution in [3.8, 4) is 5.69 Å². The standard InChI is InChI=1S/C19H20N4O/c1-13(2)16-11-7-8-14(3)18(16)21-19(24)17-12-20-23(22-17)15-9-5-4-6-10-15/h4-13H,1-3H3,(H,21,24). The van der Waals surface area contributed by atoms with Gasteiger partial charge in [-0.25, -0.2) is 0 Å². The minimum Gasteiger partial charge on any atom is -0.320 e. The zero-order valence-corrected chi connectivity index (χ0v) is 14.0. The first-order chi connectivity index (χ1) is 11.6. The summed E-state index contributed by atoms with van der Waals surface area (Å²) in [6, 6.07) is 15.5. The number of benzene rings is 2. The summed E-state index contributed by atoms with van der Waals surface area (Å²) in [5.41, 5.74) is 4.10. The smallest absolute Gasteiger partial charge is 0.277 e. The number of hydrogen-bond donors (Lipinski definition) is 1. The number of nitrogens with zero attached hydrogens (tertiary/aromatic N) is 3. The van der Waals surface area contributed by atoms with Crippen LogP contribution in [0.25, 0.3) is 5.69 Å². The van der Waals surface area contributed by atoms with Crippen LogP contribution >= 0.6 is 0 Å². The van der Waals surface area contributed by atoms with Crippen molar-refractivity contribution in [3.63, 3.8) is 0 Å². The van der Waals surface area contributed by atoms with Crippen LogP contribution in [0.5, 0.6) is 0 Å². The minimum absolute atomic E-state index is 0.256. The number of rotatable bonds is 4. The summed E-state index contributed by atoms with van der Waals surface area (Å²) >= 11 is 0. The van der Waals surface area contributed by atoms with Crippen molar-refractivity contribution in [2.45, 2.75) is 26.7 Å². The first-order valence-electron chi connectivity index (χ1n) is 7.95. The number of carbonyl (C=O) groups is 1. The van der Waals surface area contributed by atoms with Gasteiger partial charge in [-0.15, -0.1) is 5.10 Å². The SMILES string of the molecule is Cc1cccc(C(C)C)c1NC(=O)c1cnn(-c2ccccc2)n1. The molecule has 3 aromatic rings. The number of amides is 1. The molecule has 0 aliphatic rings. The second kappa shape index (κ2) is 6.66. The van der Waals surface area contributed by atoms with E-state index in [-0.39, 0.29) is 11.6 Å². The molecule has 0 aliphatic heterocycles. The Labute approximate surface area is 141 Å². The van der Waals surface area contributed by atoms with Crippen molar-refractivity contribution in [1.29, 1.82) is 0 Å². The highest BCUT2D eigenvalue weighted by atomic mass is 16.2. The normalized spacial score (nSPS) is 10.8. The molecule has 5 nitrogen and oxygen atoms in total. The van der Waals surface area contributed by atoms with Crippen LogP contribution in [0.2, 0.25) is 0 Å². The van der Waals surface area contributed by atoms with Crippen LogP contribution in [-0.4, -0.2) is 20.9 Å². The van der Waals surface area contributed by atoms with E-state index in [1.807, 2.05) is 55.5 Å². The Morgan fingerprint density at radius 3 is 2.54 bits per heavy atom. The largest absolute Gasteiger partial charge is 0.320 e. The highest BCUT2D eigenvalue weighted by Crippen LogP contribution is 2.27. The number of para-hydroxylation sites is 2. The Balaban J connectivity index is 1.86. The molecule has 0 bridgehead atoms. The van der Waals surface area contributed by atoms with E-state index in [0.29, 0.717) is 5.92 Å². The number of aryl methyl sites for hydroxylation is 1. The molecule has 0 spiro atoms. The van der Waals surface area contributed by atoms with E-state index in [2.05, 4.69) is 29.4 Å². The molecule has 0 radical (unpaired) electrons. The maximum absolute atomic E-state index is 12.6. The molecule has 0 fully saturated rings. The molecule has 5 heteroatoms. The molecule has 1 amide bonds. The summed E-state index contributed by atoms with van der Waals surface area (Å²) in [7, 11) is 0. The van der Waals surface area contributed by atoms with Crippen LogP contribution in [0.4, 0.5) is 5.69 Å². The Bertz CT molecular complexity index is 853. The highest BCUT2D eigenvalue weighted by molar-refractivity contribution is 6.03.